The Hall–Kier alpha value is -2.49. The van der Waals surface area contributed by atoms with Crippen molar-refractivity contribution in [1.82, 2.24) is 0 Å². The highest BCUT2D eigenvalue weighted by Gasteiger charge is 2.25. The fraction of sp³-hybridized carbons (Fsp3) is 0.857. The lowest BCUT2D eigenvalue weighted by Crippen LogP contribution is -2.40. The Kier molecular flexibility index (Phi) is 52.9. The van der Waals surface area contributed by atoms with Crippen LogP contribution in [0.5, 0.6) is 0 Å². The molecule has 1 N–H and O–H groups in total. The molecule has 0 aromatic rings. The number of nitrogens with zero attached hydrogens (tertiary/aromatic N) is 1. The topological polar surface area (TPSA) is 108 Å². The first-order valence-electron chi connectivity index (χ1n) is 30.7. The fourth-order valence-corrected chi connectivity index (χ4v) is 8.91. The molecule has 9 heteroatoms. The monoisotopic (exact) mass is 1020 g/mol. The SMILES string of the molecule is CCCCCCC/C=C\C/C=C\C/C=C\CCCCCCCCCCCCCCC(=O)OC(COC(=O)CCCCCCCCCCCCCCCCCCCCCC)COC(OCC[N+](C)(C)C)C(=O)O. The van der Waals surface area contributed by atoms with Crippen molar-refractivity contribution in [2.75, 3.05) is 47.5 Å². The molecule has 0 heterocycles. The van der Waals surface area contributed by atoms with Crippen molar-refractivity contribution in [1.29, 1.82) is 0 Å². The van der Waals surface area contributed by atoms with E-state index in [2.05, 4.69) is 50.3 Å². The Morgan fingerprint density at radius 2 is 0.750 bits per heavy atom. The number of quaternary nitrogens is 1. The van der Waals surface area contributed by atoms with Crippen molar-refractivity contribution in [3.63, 3.8) is 0 Å². The zero-order valence-electron chi connectivity index (χ0n) is 48.1. The van der Waals surface area contributed by atoms with Crippen molar-refractivity contribution in [3.8, 4) is 0 Å². The number of esters is 2. The van der Waals surface area contributed by atoms with E-state index >= 15 is 0 Å². The lowest BCUT2D eigenvalue weighted by Gasteiger charge is -2.25. The number of likely N-dealkylation sites (N-methyl/N-ethyl adjacent to an activating group) is 1. The van der Waals surface area contributed by atoms with Crippen LogP contribution in [-0.2, 0) is 33.3 Å². The highest BCUT2D eigenvalue weighted by molar-refractivity contribution is 5.71. The van der Waals surface area contributed by atoms with Gasteiger partial charge in [-0.05, 0) is 51.4 Å². The minimum absolute atomic E-state index is 0.178. The maximum absolute atomic E-state index is 12.9. The first-order valence-corrected chi connectivity index (χ1v) is 30.7. The van der Waals surface area contributed by atoms with Crippen LogP contribution in [0.2, 0.25) is 0 Å². The van der Waals surface area contributed by atoms with E-state index in [1.807, 2.05) is 21.1 Å². The van der Waals surface area contributed by atoms with Gasteiger partial charge >= 0.3 is 17.9 Å². The molecule has 0 bridgehead atoms. The summed E-state index contributed by atoms with van der Waals surface area (Å²) in [6.07, 6.45) is 63.7. The molecule has 9 nitrogen and oxygen atoms in total. The van der Waals surface area contributed by atoms with Gasteiger partial charge in [-0.25, -0.2) is 4.79 Å². The Morgan fingerprint density at radius 3 is 1.11 bits per heavy atom. The summed E-state index contributed by atoms with van der Waals surface area (Å²) in [4.78, 5) is 37.5. The van der Waals surface area contributed by atoms with Crippen LogP contribution in [0.4, 0.5) is 0 Å². The summed E-state index contributed by atoms with van der Waals surface area (Å²) in [5.74, 6) is -1.99. The second-order valence-corrected chi connectivity index (χ2v) is 22.0. The average molecular weight is 1020 g/mol. The predicted molar refractivity (Wildman–Crippen MR) is 304 cm³/mol. The van der Waals surface area contributed by atoms with E-state index in [1.165, 1.54) is 212 Å². The minimum Gasteiger partial charge on any atom is -0.477 e. The van der Waals surface area contributed by atoms with E-state index in [4.69, 9.17) is 18.9 Å². The zero-order valence-corrected chi connectivity index (χ0v) is 48.1. The second-order valence-electron chi connectivity index (χ2n) is 22.0. The summed E-state index contributed by atoms with van der Waals surface area (Å²) in [6.45, 7) is 4.91. The molecular formula is C63H118NO8+. The molecule has 2 unspecified atom stereocenters. The largest absolute Gasteiger partial charge is 0.477 e. The van der Waals surface area contributed by atoms with E-state index in [0.717, 1.165) is 51.4 Å². The summed E-state index contributed by atoms with van der Waals surface area (Å²) in [6, 6.07) is 0. The lowest BCUT2D eigenvalue weighted by atomic mass is 10.0. The molecule has 0 saturated carbocycles. The van der Waals surface area contributed by atoms with Crippen LogP contribution < -0.4 is 0 Å². The smallest absolute Gasteiger partial charge is 0.361 e. The van der Waals surface area contributed by atoms with Gasteiger partial charge in [0, 0.05) is 12.8 Å². The van der Waals surface area contributed by atoms with E-state index in [-0.39, 0.29) is 32.2 Å². The summed E-state index contributed by atoms with van der Waals surface area (Å²) in [5, 5.41) is 9.71. The highest BCUT2D eigenvalue weighted by Crippen LogP contribution is 2.17. The standard InChI is InChI=1S/C63H117NO8/c1-6-8-10-12-14-16-18-20-22-24-26-28-29-30-31-32-33-34-36-38-40-42-44-46-48-50-52-54-61(66)72-59(58-71-63(62(67)68)69-56-55-64(3,4)5)57-70-60(65)53-51-49-47-45-43-41-39-37-35-27-25-23-21-19-17-15-13-11-9-7-2/h18,20,24,26,29-30,59,63H,6-17,19,21-23,25,27-28,31-58H2,1-5H3/p+1/b20-18-,26-24-,30-29-. The molecule has 0 fully saturated rings. The number of unbranched alkanes of at least 4 members (excludes halogenated alkanes) is 36. The summed E-state index contributed by atoms with van der Waals surface area (Å²) < 4.78 is 22.9. The summed E-state index contributed by atoms with van der Waals surface area (Å²) in [5.41, 5.74) is 0. The lowest BCUT2D eigenvalue weighted by molar-refractivity contribution is -0.870. The molecule has 72 heavy (non-hydrogen) atoms. The van der Waals surface area contributed by atoms with E-state index in [9.17, 15) is 19.5 Å². The second kappa shape index (κ2) is 54.8. The van der Waals surface area contributed by atoms with Gasteiger partial charge in [-0.2, -0.15) is 0 Å². The van der Waals surface area contributed by atoms with Crippen LogP contribution >= 0.6 is 0 Å². The molecule has 0 rings (SSSR count). The maximum atomic E-state index is 12.9. The van der Waals surface area contributed by atoms with Crippen molar-refractivity contribution >= 4 is 17.9 Å². The van der Waals surface area contributed by atoms with Gasteiger partial charge in [0.05, 0.1) is 34.4 Å². The van der Waals surface area contributed by atoms with Crippen LogP contribution in [0, 0.1) is 0 Å². The van der Waals surface area contributed by atoms with Gasteiger partial charge in [-0.1, -0.05) is 262 Å². The Morgan fingerprint density at radius 1 is 0.417 bits per heavy atom. The minimum atomic E-state index is -1.51. The third-order valence-electron chi connectivity index (χ3n) is 13.6. The molecule has 0 aromatic carbocycles. The van der Waals surface area contributed by atoms with E-state index < -0.39 is 24.3 Å². The number of hydrogen-bond acceptors (Lipinski definition) is 7. The number of carbonyl (C=O) groups is 3. The van der Waals surface area contributed by atoms with Crippen LogP contribution in [0.25, 0.3) is 0 Å². The number of carbonyl (C=O) groups excluding carboxylic acids is 2. The van der Waals surface area contributed by atoms with E-state index in [0.29, 0.717) is 17.4 Å². The number of allylic oxidation sites excluding steroid dienone is 6. The zero-order chi connectivity index (χ0) is 52.7. The molecule has 422 valence electrons. The fourth-order valence-electron chi connectivity index (χ4n) is 8.91. The molecule has 0 spiro atoms. The summed E-state index contributed by atoms with van der Waals surface area (Å²) in [7, 11) is 5.98. The molecule has 0 saturated heterocycles. The van der Waals surface area contributed by atoms with Crippen molar-refractivity contribution in [2.45, 2.75) is 302 Å². The Bertz CT molecular complexity index is 1270. The summed E-state index contributed by atoms with van der Waals surface area (Å²) >= 11 is 0. The van der Waals surface area contributed by atoms with Gasteiger partial charge in [-0.3, -0.25) is 9.59 Å². The van der Waals surface area contributed by atoms with E-state index in [1.54, 1.807) is 0 Å². The van der Waals surface area contributed by atoms with Gasteiger partial charge in [0.1, 0.15) is 13.2 Å². The molecule has 2 atom stereocenters. The molecule has 0 aromatic heterocycles. The Balaban J connectivity index is 4.19. The first-order chi connectivity index (χ1) is 35.1. The molecular weight excluding hydrogens is 899 g/mol. The average Bonchev–Trinajstić information content (AvgIpc) is 3.35. The number of rotatable bonds is 57. The van der Waals surface area contributed by atoms with Crippen LogP contribution in [0.3, 0.4) is 0 Å². The number of carboxylic acid groups (broad SMARTS) is 1. The molecule has 0 aliphatic heterocycles. The molecule has 0 aliphatic rings. The molecule has 0 aliphatic carbocycles. The maximum Gasteiger partial charge on any atom is 0.361 e. The number of carboxylic acids is 1. The van der Waals surface area contributed by atoms with Crippen LogP contribution in [-0.4, -0.2) is 87.4 Å². The third kappa shape index (κ3) is 55.3. The number of hydrogen-bond donors (Lipinski definition) is 1. The van der Waals surface area contributed by atoms with Crippen molar-refractivity contribution < 1.29 is 42.9 Å². The van der Waals surface area contributed by atoms with Gasteiger partial charge in [-0.15, -0.1) is 0 Å². The van der Waals surface area contributed by atoms with Gasteiger partial charge < -0.3 is 28.5 Å². The Labute approximate surface area is 445 Å². The normalized spacial score (nSPS) is 13.0. The molecule has 0 radical (unpaired) electrons. The van der Waals surface area contributed by atoms with Gasteiger partial charge in [0.25, 0.3) is 6.29 Å². The van der Waals surface area contributed by atoms with Crippen LogP contribution in [0.15, 0.2) is 36.5 Å². The predicted octanol–water partition coefficient (Wildman–Crippen LogP) is 18.1. The van der Waals surface area contributed by atoms with Gasteiger partial charge in [0.2, 0.25) is 0 Å². The van der Waals surface area contributed by atoms with Crippen LogP contribution in [0.1, 0.15) is 290 Å². The molecule has 0 amide bonds. The van der Waals surface area contributed by atoms with Gasteiger partial charge in [0.15, 0.2) is 6.10 Å². The third-order valence-corrected chi connectivity index (χ3v) is 13.6. The van der Waals surface area contributed by atoms with Crippen molar-refractivity contribution in [3.05, 3.63) is 36.5 Å². The number of ether oxygens (including phenoxy) is 4. The first kappa shape index (κ1) is 69.5. The number of aliphatic carboxylic acids is 1. The quantitative estimate of drug-likeness (QED) is 0.0211. The highest BCUT2D eigenvalue weighted by atomic mass is 16.7. The van der Waals surface area contributed by atoms with Crippen molar-refractivity contribution in [2.24, 2.45) is 0 Å².